The number of halogens is 3. The zero-order chi connectivity index (χ0) is 13.8. The predicted octanol–water partition coefficient (Wildman–Crippen LogP) is 4.03. The molecule has 18 heavy (non-hydrogen) atoms. The number of hydrogen-bond donors (Lipinski definition) is 1. The van der Waals surface area contributed by atoms with Gasteiger partial charge in [-0.2, -0.15) is 13.2 Å². The van der Waals surface area contributed by atoms with Crippen molar-refractivity contribution in [2.75, 3.05) is 0 Å². The van der Waals surface area contributed by atoms with Crippen molar-refractivity contribution in [2.24, 2.45) is 0 Å². The fraction of sp³-hybridized carbons (Fsp3) is 0.818. The minimum Gasteiger partial charge on any atom is -0.324 e. The van der Waals surface area contributed by atoms with E-state index in [4.69, 9.17) is 0 Å². The summed E-state index contributed by atoms with van der Waals surface area (Å²) in [5.74, 6) is 0. The highest BCUT2D eigenvalue weighted by Gasteiger charge is 2.46. The molecule has 1 aliphatic rings. The lowest BCUT2D eigenvalue weighted by Crippen LogP contribution is -2.32. The molecule has 0 bridgehead atoms. The first-order valence-electron chi connectivity index (χ1n) is 5.96. The lowest BCUT2D eigenvalue weighted by atomic mass is 10.0. The van der Waals surface area contributed by atoms with Crippen molar-refractivity contribution in [2.45, 2.75) is 56.5 Å². The van der Waals surface area contributed by atoms with E-state index in [9.17, 15) is 22.6 Å². The second-order valence-corrected chi connectivity index (χ2v) is 6.59. The molecule has 1 rings (SSSR count). The molecule has 2 unspecified atom stereocenters. The molecule has 0 spiro atoms. The third-order valence-electron chi connectivity index (χ3n) is 3.06. The van der Waals surface area contributed by atoms with Gasteiger partial charge in [0.1, 0.15) is 0 Å². The van der Waals surface area contributed by atoms with E-state index in [0.717, 1.165) is 25.3 Å². The van der Waals surface area contributed by atoms with Crippen molar-refractivity contribution in [3.05, 3.63) is 12.7 Å². The van der Waals surface area contributed by atoms with Crippen molar-refractivity contribution >= 4 is 7.60 Å². The summed E-state index contributed by atoms with van der Waals surface area (Å²) in [5, 5.41) is 0. The quantitative estimate of drug-likeness (QED) is 0.613. The Balaban J connectivity index is 2.71. The van der Waals surface area contributed by atoms with Gasteiger partial charge in [0.2, 0.25) is 0 Å². The van der Waals surface area contributed by atoms with Gasteiger partial charge in [-0.15, -0.1) is 6.58 Å². The molecule has 106 valence electrons. The highest BCUT2D eigenvalue weighted by atomic mass is 31.2. The first-order chi connectivity index (χ1) is 8.27. The van der Waals surface area contributed by atoms with Crippen molar-refractivity contribution in [1.29, 1.82) is 0 Å². The van der Waals surface area contributed by atoms with Gasteiger partial charge in [-0.25, -0.2) is 0 Å². The fourth-order valence-corrected chi connectivity index (χ4v) is 3.82. The van der Waals surface area contributed by atoms with E-state index in [2.05, 4.69) is 11.1 Å². The SMILES string of the molecule is C=CCC(OP(=O)(O)C1CCCCC1)C(F)(F)F. The molecule has 7 heteroatoms. The zero-order valence-corrected chi connectivity index (χ0v) is 10.9. The smallest absolute Gasteiger partial charge is 0.324 e. The van der Waals surface area contributed by atoms with Crippen LogP contribution in [0.1, 0.15) is 38.5 Å². The van der Waals surface area contributed by atoms with Crippen molar-refractivity contribution in [3.8, 4) is 0 Å². The van der Waals surface area contributed by atoms with Crippen LogP contribution in [0.15, 0.2) is 12.7 Å². The van der Waals surface area contributed by atoms with Crippen LogP contribution < -0.4 is 0 Å². The zero-order valence-electron chi connectivity index (χ0n) is 10.0. The van der Waals surface area contributed by atoms with Crippen LogP contribution in [0.5, 0.6) is 0 Å². The first kappa shape index (κ1) is 15.7. The van der Waals surface area contributed by atoms with Crippen LogP contribution in [0.4, 0.5) is 13.2 Å². The van der Waals surface area contributed by atoms with Gasteiger partial charge >= 0.3 is 13.8 Å². The maximum Gasteiger partial charge on any atom is 0.415 e. The highest BCUT2D eigenvalue weighted by Crippen LogP contribution is 2.55. The molecule has 0 saturated heterocycles. The molecule has 0 aromatic heterocycles. The first-order valence-corrected chi connectivity index (χ1v) is 7.60. The van der Waals surface area contributed by atoms with E-state index in [1.807, 2.05) is 0 Å². The third kappa shape index (κ3) is 4.41. The van der Waals surface area contributed by atoms with Crippen molar-refractivity contribution < 1.29 is 27.2 Å². The van der Waals surface area contributed by atoms with E-state index in [-0.39, 0.29) is 0 Å². The van der Waals surface area contributed by atoms with Crippen LogP contribution in [0.25, 0.3) is 0 Å². The van der Waals surface area contributed by atoms with E-state index in [1.54, 1.807) is 0 Å². The summed E-state index contributed by atoms with van der Waals surface area (Å²) in [6.45, 7) is 3.21. The summed E-state index contributed by atoms with van der Waals surface area (Å²) in [5.41, 5.74) is -0.666. The average Bonchev–Trinajstić information content (AvgIpc) is 2.28. The monoisotopic (exact) mass is 286 g/mol. The van der Waals surface area contributed by atoms with E-state index in [1.165, 1.54) is 0 Å². The van der Waals surface area contributed by atoms with Crippen molar-refractivity contribution in [1.82, 2.24) is 0 Å². The van der Waals surface area contributed by atoms with Gasteiger partial charge in [0.05, 0.1) is 5.66 Å². The third-order valence-corrected chi connectivity index (χ3v) is 5.06. The van der Waals surface area contributed by atoms with Crippen molar-refractivity contribution in [3.63, 3.8) is 0 Å². The predicted molar refractivity (Wildman–Crippen MR) is 62.4 cm³/mol. The minimum atomic E-state index is -4.65. The van der Waals surface area contributed by atoms with Crippen LogP contribution in [0.3, 0.4) is 0 Å². The Kier molecular flexibility index (Phi) is 5.44. The summed E-state index contributed by atoms with van der Waals surface area (Å²) in [6, 6.07) is 0. The molecule has 1 saturated carbocycles. The Morgan fingerprint density at radius 3 is 2.39 bits per heavy atom. The van der Waals surface area contributed by atoms with Gasteiger partial charge in [-0.05, 0) is 12.8 Å². The molecule has 1 fully saturated rings. The second-order valence-electron chi connectivity index (χ2n) is 4.52. The Bertz CT molecular complexity index is 324. The molecule has 2 atom stereocenters. The number of rotatable bonds is 5. The average molecular weight is 286 g/mol. The fourth-order valence-electron chi connectivity index (χ4n) is 2.06. The molecule has 0 aromatic rings. The molecule has 0 amide bonds. The second kappa shape index (κ2) is 6.22. The van der Waals surface area contributed by atoms with Gasteiger partial charge in [0.25, 0.3) is 0 Å². The lowest BCUT2D eigenvalue weighted by Gasteiger charge is -2.29. The Hall–Kier alpha value is -0.320. The van der Waals surface area contributed by atoms with Gasteiger partial charge in [0.15, 0.2) is 6.10 Å². The summed E-state index contributed by atoms with van der Waals surface area (Å²) in [4.78, 5) is 9.70. The Labute approximate surface area is 105 Å². The number of hydrogen-bond acceptors (Lipinski definition) is 2. The molecular weight excluding hydrogens is 268 g/mol. The van der Waals surface area contributed by atoms with Gasteiger partial charge in [0, 0.05) is 6.42 Å². The number of alkyl halides is 3. The van der Waals surface area contributed by atoms with Crippen LogP contribution in [-0.4, -0.2) is 22.8 Å². The van der Waals surface area contributed by atoms with Gasteiger partial charge in [-0.3, -0.25) is 9.09 Å². The van der Waals surface area contributed by atoms with E-state index >= 15 is 0 Å². The maximum absolute atomic E-state index is 12.6. The summed E-state index contributed by atoms with van der Waals surface area (Å²) in [6.07, 6.45) is -2.99. The van der Waals surface area contributed by atoms with Crippen LogP contribution in [-0.2, 0) is 9.09 Å². The molecule has 0 heterocycles. The molecule has 0 aliphatic heterocycles. The molecule has 3 nitrogen and oxygen atoms in total. The summed E-state index contributed by atoms with van der Waals surface area (Å²) in [7, 11) is -4.22. The van der Waals surface area contributed by atoms with Crippen LogP contribution in [0.2, 0.25) is 0 Å². The highest BCUT2D eigenvalue weighted by molar-refractivity contribution is 7.53. The summed E-state index contributed by atoms with van der Waals surface area (Å²) >= 11 is 0. The van der Waals surface area contributed by atoms with Crippen LogP contribution >= 0.6 is 7.60 Å². The molecule has 0 radical (unpaired) electrons. The van der Waals surface area contributed by atoms with Gasteiger partial charge in [-0.1, -0.05) is 25.3 Å². The van der Waals surface area contributed by atoms with E-state index in [0.29, 0.717) is 12.8 Å². The minimum absolute atomic E-state index is 0.451. The molecule has 1 N–H and O–H groups in total. The largest absolute Gasteiger partial charge is 0.415 e. The Morgan fingerprint density at radius 1 is 1.39 bits per heavy atom. The van der Waals surface area contributed by atoms with Gasteiger partial charge < -0.3 is 4.89 Å². The summed E-state index contributed by atoms with van der Waals surface area (Å²) < 4.78 is 54.2. The van der Waals surface area contributed by atoms with E-state index < -0.39 is 32.0 Å². The molecule has 0 aromatic carbocycles. The molecular formula is C11H18F3O3P. The maximum atomic E-state index is 12.6. The topological polar surface area (TPSA) is 46.5 Å². The lowest BCUT2D eigenvalue weighted by molar-refractivity contribution is -0.195. The van der Waals surface area contributed by atoms with Crippen LogP contribution in [0, 0.1) is 0 Å². The molecule has 1 aliphatic carbocycles. The standard InChI is InChI=1S/C11H18F3O3P/c1-2-6-10(11(12,13)14)17-18(15,16)9-7-4-3-5-8-9/h2,9-10H,1,3-8H2,(H,15,16). The Morgan fingerprint density at radius 2 is 1.94 bits per heavy atom. The normalized spacial score (nSPS) is 23.3.